The molecule has 17 heavy (non-hydrogen) atoms. The number of rotatable bonds is 3. The molecule has 0 aliphatic carbocycles. The number of anilines is 2. The molecule has 0 radical (unpaired) electrons. The minimum absolute atomic E-state index is 0.621. The van der Waals surface area contributed by atoms with Crippen LogP contribution in [0, 0.1) is 11.3 Å². The fourth-order valence-electron chi connectivity index (χ4n) is 1.55. The first kappa shape index (κ1) is 11.0. The van der Waals surface area contributed by atoms with Crippen LogP contribution in [0.4, 0.5) is 11.4 Å². The monoisotopic (exact) mass is 224 g/mol. The molecule has 0 atom stereocenters. The quantitative estimate of drug-likeness (QED) is 0.869. The molecule has 0 heterocycles. The van der Waals surface area contributed by atoms with Gasteiger partial charge in [-0.25, -0.2) is 0 Å². The van der Waals surface area contributed by atoms with Crippen molar-refractivity contribution in [3.63, 3.8) is 0 Å². The molecule has 1 N–H and O–H groups in total. The zero-order valence-electron chi connectivity index (χ0n) is 9.47. The van der Waals surface area contributed by atoms with E-state index in [9.17, 15) is 0 Å². The third-order valence-corrected chi connectivity index (χ3v) is 2.40. The molecular formula is C14H12N2O. The zero-order chi connectivity index (χ0) is 12.1. The highest BCUT2D eigenvalue weighted by molar-refractivity contribution is 5.67. The Morgan fingerprint density at radius 2 is 1.94 bits per heavy atom. The molecule has 0 fully saturated rings. The summed E-state index contributed by atoms with van der Waals surface area (Å²) in [5, 5.41) is 12.2. The molecule has 0 spiro atoms. The molecule has 0 aliphatic rings. The summed E-state index contributed by atoms with van der Waals surface area (Å²) < 4.78 is 5.14. The smallest absolute Gasteiger partial charge is 0.120 e. The number of methoxy groups -OCH3 is 1. The molecule has 0 saturated heterocycles. The molecule has 0 aliphatic heterocycles. The lowest BCUT2D eigenvalue weighted by molar-refractivity contribution is 0.415. The van der Waals surface area contributed by atoms with E-state index >= 15 is 0 Å². The topological polar surface area (TPSA) is 45.0 Å². The van der Waals surface area contributed by atoms with Crippen LogP contribution in [0.5, 0.6) is 5.75 Å². The summed E-state index contributed by atoms with van der Waals surface area (Å²) in [5.74, 6) is 0.782. The van der Waals surface area contributed by atoms with Gasteiger partial charge < -0.3 is 10.1 Å². The molecule has 0 amide bonds. The van der Waals surface area contributed by atoms with Crippen LogP contribution >= 0.6 is 0 Å². The van der Waals surface area contributed by atoms with Crippen LogP contribution in [-0.2, 0) is 0 Å². The van der Waals surface area contributed by atoms with Crippen molar-refractivity contribution in [1.82, 2.24) is 0 Å². The third kappa shape index (κ3) is 2.56. The standard InChI is InChI=1S/C14H12N2O/c1-17-13-7-4-6-12(9-13)16-14-8-3-2-5-11(14)10-15/h2-9,16H,1H3. The molecule has 84 valence electrons. The summed E-state index contributed by atoms with van der Waals surface area (Å²) in [7, 11) is 1.63. The lowest BCUT2D eigenvalue weighted by atomic mass is 10.2. The van der Waals surface area contributed by atoms with E-state index in [0.29, 0.717) is 5.56 Å². The Labute approximate surface area is 100 Å². The second-order valence-electron chi connectivity index (χ2n) is 3.51. The molecular weight excluding hydrogens is 212 g/mol. The molecule has 2 rings (SSSR count). The van der Waals surface area contributed by atoms with E-state index in [2.05, 4.69) is 11.4 Å². The minimum atomic E-state index is 0.621. The summed E-state index contributed by atoms with van der Waals surface area (Å²) in [4.78, 5) is 0. The Morgan fingerprint density at radius 1 is 1.12 bits per heavy atom. The van der Waals surface area contributed by atoms with Crippen molar-refractivity contribution in [3.05, 3.63) is 54.1 Å². The van der Waals surface area contributed by atoms with Gasteiger partial charge in [0.25, 0.3) is 0 Å². The highest BCUT2D eigenvalue weighted by Crippen LogP contribution is 2.23. The Kier molecular flexibility index (Phi) is 3.27. The van der Waals surface area contributed by atoms with Gasteiger partial charge in [-0.05, 0) is 24.3 Å². The van der Waals surface area contributed by atoms with Gasteiger partial charge in [-0.1, -0.05) is 18.2 Å². The fraction of sp³-hybridized carbons (Fsp3) is 0.0714. The van der Waals surface area contributed by atoms with Gasteiger partial charge in [-0.3, -0.25) is 0 Å². The van der Waals surface area contributed by atoms with Crippen LogP contribution in [0.2, 0.25) is 0 Å². The summed E-state index contributed by atoms with van der Waals surface area (Å²) in [6, 6.07) is 17.1. The number of nitrogens with zero attached hydrogens (tertiary/aromatic N) is 1. The van der Waals surface area contributed by atoms with Gasteiger partial charge in [0.15, 0.2) is 0 Å². The maximum atomic E-state index is 8.98. The number of nitriles is 1. The van der Waals surface area contributed by atoms with Crippen LogP contribution in [0.3, 0.4) is 0 Å². The SMILES string of the molecule is COc1cccc(Nc2ccccc2C#N)c1. The van der Waals surface area contributed by atoms with Crippen molar-refractivity contribution in [2.75, 3.05) is 12.4 Å². The highest BCUT2D eigenvalue weighted by Gasteiger charge is 2.01. The molecule has 3 heteroatoms. The van der Waals surface area contributed by atoms with E-state index < -0.39 is 0 Å². The first-order valence-corrected chi connectivity index (χ1v) is 5.23. The Bertz CT molecular complexity index is 558. The number of para-hydroxylation sites is 1. The van der Waals surface area contributed by atoms with Gasteiger partial charge in [0, 0.05) is 11.8 Å². The van der Waals surface area contributed by atoms with Crippen molar-refractivity contribution in [1.29, 1.82) is 5.26 Å². The fourth-order valence-corrected chi connectivity index (χ4v) is 1.55. The zero-order valence-corrected chi connectivity index (χ0v) is 9.47. The maximum absolute atomic E-state index is 8.98. The van der Waals surface area contributed by atoms with Gasteiger partial charge in [-0.2, -0.15) is 5.26 Å². The lowest BCUT2D eigenvalue weighted by Crippen LogP contribution is -1.93. The predicted octanol–water partition coefficient (Wildman–Crippen LogP) is 3.31. The van der Waals surface area contributed by atoms with Gasteiger partial charge in [0.1, 0.15) is 11.8 Å². The van der Waals surface area contributed by atoms with E-state index in [1.54, 1.807) is 13.2 Å². The normalized spacial score (nSPS) is 9.41. The molecule has 0 unspecified atom stereocenters. The average Bonchev–Trinajstić information content (AvgIpc) is 2.39. The molecule has 2 aromatic rings. The van der Waals surface area contributed by atoms with E-state index in [-0.39, 0.29) is 0 Å². The van der Waals surface area contributed by atoms with E-state index in [4.69, 9.17) is 10.00 Å². The Balaban J connectivity index is 2.28. The number of nitrogens with one attached hydrogen (secondary N) is 1. The molecule has 0 saturated carbocycles. The molecule has 0 bridgehead atoms. The molecule has 2 aromatic carbocycles. The first-order valence-electron chi connectivity index (χ1n) is 5.23. The van der Waals surface area contributed by atoms with Crippen LogP contribution in [0.25, 0.3) is 0 Å². The van der Waals surface area contributed by atoms with Crippen molar-refractivity contribution in [2.45, 2.75) is 0 Å². The van der Waals surface area contributed by atoms with Crippen molar-refractivity contribution >= 4 is 11.4 Å². The van der Waals surface area contributed by atoms with Gasteiger partial charge in [0.2, 0.25) is 0 Å². The van der Waals surface area contributed by atoms with Gasteiger partial charge in [-0.15, -0.1) is 0 Å². The lowest BCUT2D eigenvalue weighted by Gasteiger charge is -2.09. The Morgan fingerprint density at radius 3 is 2.71 bits per heavy atom. The number of hydrogen-bond acceptors (Lipinski definition) is 3. The van der Waals surface area contributed by atoms with Crippen LogP contribution in [0.1, 0.15) is 5.56 Å². The highest BCUT2D eigenvalue weighted by atomic mass is 16.5. The number of ether oxygens (including phenoxy) is 1. The second kappa shape index (κ2) is 5.04. The van der Waals surface area contributed by atoms with E-state index in [0.717, 1.165) is 17.1 Å². The van der Waals surface area contributed by atoms with Crippen LogP contribution in [-0.4, -0.2) is 7.11 Å². The second-order valence-corrected chi connectivity index (χ2v) is 3.51. The summed E-state index contributed by atoms with van der Waals surface area (Å²) in [5.41, 5.74) is 2.31. The van der Waals surface area contributed by atoms with Crippen molar-refractivity contribution < 1.29 is 4.74 Å². The molecule has 0 aromatic heterocycles. The molecule has 3 nitrogen and oxygen atoms in total. The Hall–Kier alpha value is -2.47. The number of benzene rings is 2. The number of hydrogen-bond donors (Lipinski definition) is 1. The minimum Gasteiger partial charge on any atom is -0.497 e. The third-order valence-electron chi connectivity index (χ3n) is 2.40. The van der Waals surface area contributed by atoms with E-state index in [1.165, 1.54) is 0 Å². The van der Waals surface area contributed by atoms with Gasteiger partial charge >= 0.3 is 0 Å². The van der Waals surface area contributed by atoms with E-state index in [1.807, 2.05) is 42.5 Å². The average molecular weight is 224 g/mol. The largest absolute Gasteiger partial charge is 0.497 e. The van der Waals surface area contributed by atoms with Gasteiger partial charge in [0.05, 0.1) is 18.4 Å². The van der Waals surface area contributed by atoms with Crippen LogP contribution in [0.15, 0.2) is 48.5 Å². The predicted molar refractivity (Wildman–Crippen MR) is 67.4 cm³/mol. The maximum Gasteiger partial charge on any atom is 0.120 e. The van der Waals surface area contributed by atoms with Crippen LogP contribution < -0.4 is 10.1 Å². The summed E-state index contributed by atoms with van der Waals surface area (Å²) in [6.07, 6.45) is 0. The summed E-state index contributed by atoms with van der Waals surface area (Å²) >= 11 is 0. The summed E-state index contributed by atoms with van der Waals surface area (Å²) in [6.45, 7) is 0. The van der Waals surface area contributed by atoms with Crippen molar-refractivity contribution in [3.8, 4) is 11.8 Å². The first-order chi connectivity index (χ1) is 8.33. The van der Waals surface area contributed by atoms with Crippen molar-refractivity contribution in [2.24, 2.45) is 0 Å².